The number of amides is 1. The fraction of sp³-hybridized carbons (Fsp3) is 0.533. The number of carbonyl (C=O) groups is 2. The van der Waals surface area contributed by atoms with Gasteiger partial charge in [0.15, 0.2) is 0 Å². The molecular formula is C15H20N2O3. The zero-order valence-corrected chi connectivity index (χ0v) is 11.6. The molecule has 2 N–H and O–H groups in total. The Labute approximate surface area is 118 Å². The number of aliphatic carboxylic acids is 1. The van der Waals surface area contributed by atoms with Crippen molar-refractivity contribution in [2.45, 2.75) is 32.6 Å². The zero-order valence-electron chi connectivity index (χ0n) is 11.6. The lowest BCUT2D eigenvalue weighted by Gasteiger charge is -2.26. The smallest absolute Gasteiger partial charge is 0.306 e. The molecule has 1 fully saturated rings. The highest BCUT2D eigenvalue weighted by molar-refractivity contribution is 5.95. The number of hydrogen-bond donors (Lipinski definition) is 2. The van der Waals surface area contributed by atoms with Gasteiger partial charge in [-0.1, -0.05) is 0 Å². The highest BCUT2D eigenvalue weighted by Crippen LogP contribution is 2.28. The monoisotopic (exact) mass is 276 g/mol. The molecule has 1 aromatic rings. The SMILES string of the molecule is Cc1ncccc1C(=O)NCC1CCC(C(=O)O)CC1. The quantitative estimate of drug-likeness (QED) is 0.881. The van der Waals surface area contributed by atoms with Gasteiger partial charge < -0.3 is 10.4 Å². The van der Waals surface area contributed by atoms with Crippen LogP contribution in [0.1, 0.15) is 41.7 Å². The van der Waals surface area contributed by atoms with Crippen LogP contribution in [-0.2, 0) is 4.79 Å². The van der Waals surface area contributed by atoms with Gasteiger partial charge in [0.1, 0.15) is 0 Å². The number of nitrogens with one attached hydrogen (secondary N) is 1. The van der Waals surface area contributed by atoms with E-state index in [9.17, 15) is 9.59 Å². The van der Waals surface area contributed by atoms with Crippen molar-refractivity contribution >= 4 is 11.9 Å². The van der Waals surface area contributed by atoms with E-state index in [4.69, 9.17) is 5.11 Å². The van der Waals surface area contributed by atoms with Crippen LogP contribution < -0.4 is 5.32 Å². The molecule has 0 saturated heterocycles. The van der Waals surface area contributed by atoms with Gasteiger partial charge in [0.05, 0.1) is 11.5 Å². The van der Waals surface area contributed by atoms with Crippen LogP contribution in [-0.4, -0.2) is 28.5 Å². The van der Waals surface area contributed by atoms with E-state index in [0.717, 1.165) is 18.5 Å². The van der Waals surface area contributed by atoms with E-state index in [-0.39, 0.29) is 11.8 Å². The van der Waals surface area contributed by atoms with Gasteiger partial charge in [0.2, 0.25) is 0 Å². The van der Waals surface area contributed by atoms with Crippen LogP contribution in [0, 0.1) is 18.8 Å². The summed E-state index contributed by atoms with van der Waals surface area (Å²) in [4.78, 5) is 27.0. The molecule has 0 bridgehead atoms. The Morgan fingerprint density at radius 1 is 1.35 bits per heavy atom. The van der Waals surface area contributed by atoms with Crippen molar-refractivity contribution in [3.05, 3.63) is 29.6 Å². The molecule has 20 heavy (non-hydrogen) atoms. The summed E-state index contributed by atoms with van der Waals surface area (Å²) < 4.78 is 0. The van der Waals surface area contributed by atoms with Gasteiger partial charge in [0, 0.05) is 18.4 Å². The summed E-state index contributed by atoms with van der Waals surface area (Å²) in [7, 11) is 0. The van der Waals surface area contributed by atoms with Gasteiger partial charge in [-0.05, 0) is 50.7 Å². The maximum Gasteiger partial charge on any atom is 0.306 e. The number of hydrogen-bond acceptors (Lipinski definition) is 3. The van der Waals surface area contributed by atoms with E-state index in [1.807, 2.05) is 6.92 Å². The van der Waals surface area contributed by atoms with E-state index in [1.165, 1.54) is 0 Å². The molecule has 0 aliphatic heterocycles. The van der Waals surface area contributed by atoms with E-state index < -0.39 is 5.97 Å². The molecular weight excluding hydrogens is 256 g/mol. The standard InChI is InChI=1S/C15H20N2O3/c1-10-13(3-2-8-16-10)14(18)17-9-11-4-6-12(7-5-11)15(19)20/h2-3,8,11-12H,4-7,9H2,1H3,(H,17,18)(H,19,20). The lowest BCUT2D eigenvalue weighted by atomic mass is 9.82. The minimum atomic E-state index is -0.696. The number of rotatable bonds is 4. The average molecular weight is 276 g/mol. The first-order valence-corrected chi connectivity index (χ1v) is 7.00. The van der Waals surface area contributed by atoms with Crippen LogP contribution in [0.5, 0.6) is 0 Å². The Morgan fingerprint density at radius 2 is 2.05 bits per heavy atom. The summed E-state index contributed by atoms with van der Waals surface area (Å²) in [6.07, 6.45) is 4.81. The summed E-state index contributed by atoms with van der Waals surface area (Å²) in [5.74, 6) is -0.622. The van der Waals surface area contributed by atoms with Crippen molar-refractivity contribution in [1.29, 1.82) is 0 Å². The van der Waals surface area contributed by atoms with E-state index in [0.29, 0.717) is 30.9 Å². The second-order valence-corrected chi connectivity index (χ2v) is 5.40. The average Bonchev–Trinajstić information content (AvgIpc) is 2.45. The number of carboxylic acid groups (broad SMARTS) is 1. The van der Waals surface area contributed by atoms with Gasteiger partial charge in [-0.3, -0.25) is 14.6 Å². The largest absolute Gasteiger partial charge is 0.481 e. The van der Waals surface area contributed by atoms with Crippen molar-refractivity contribution < 1.29 is 14.7 Å². The maximum absolute atomic E-state index is 12.0. The summed E-state index contributed by atoms with van der Waals surface area (Å²) in [6.45, 7) is 2.42. The number of carbonyl (C=O) groups excluding carboxylic acids is 1. The number of nitrogens with zero attached hydrogens (tertiary/aromatic N) is 1. The summed E-state index contributed by atoms with van der Waals surface area (Å²) >= 11 is 0. The molecule has 0 unspecified atom stereocenters. The topological polar surface area (TPSA) is 79.3 Å². The lowest BCUT2D eigenvalue weighted by Crippen LogP contribution is -2.32. The third-order valence-corrected chi connectivity index (χ3v) is 4.00. The number of pyridine rings is 1. The Hall–Kier alpha value is -1.91. The Bertz CT molecular complexity index is 494. The first-order chi connectivity index (χ1) is 9.58. The molecule has 1 aliphatic carbocycles. The molecule has 1 aliphatic rings. The van der Waals surface area contributed by atoms with Gasteiger partial charge in [-0.25, -0.2) is 0 Å². The second kappa shape index (κ2) is 6.50. The van der Waals surface area contributed by atoms with Gasteiger partial charge >= 0.3 is 5.97 Å². The zero-order chi connectivity index (χ0) is 14.5. The van der Waals surface area contributed by atoms with Gasteiger partial charge in [-0.2, -0.15) is 0 Å². The summed E-state index contributed by atoms with van der Waals surface area (Å²) in [5.41, 5.74) is 1.33. The molecule has 108 valence electrons. The molecule has 1 aromatic heterocycles. The maximum atomic E-state index is 12.0. The predicted molar refractivity (Wildman–Crippen MR) is 74.4 cm³/mol. The molecule has 5 nitrogen and oxygen atoms in total. The van der Waals surface area contributed by atoms with Crippen LogP contribution in [0.3, 0.4) is 0 Å². The van der Waals surface area contributed by atoms with Gasteiger partial charge in [0.25, 0.3) is 5.91 Å². The van der Waals surface area contributed by atoms with Crippen LogP contribution >= 0.6 is 0 Å². The molecule has 0 atom stereocenters. The summed E-state index contributed by atoms with van der Waals surface area (Å²) in [6, 6.07) is 3.51. The van der Waals surface area contributed by atoms with Crippen LogP contribution in [0.2, 0.25) is 0 Å². The third kappa shape index (κ3) is 3.56. The van der Waals surface area contributed by atoms with Crippen molar-refractivity contribution in [2.75, 3.05) is 6.54 Å². The highest BCUT2D eigenvalue weighted by Gasteiger charge is 2.26. The lowest BCUT2D eigenvalue weighted by molar-refractivity contribution is -0.143. The van der Waals surface area contributed by atoms with E-state index in [2.05, 4.69) is 10.3 Å². The van der Waals surface area contributed by atoms with Crippen molar-refractivity contribution in [1.82, 2.24) is 10.3 Å². The molecule has 1 amide bonds. The number of aryl methyl sites for hydroxylation is 1. The molecule has 2 rings (SSSR count). The number of aromatic nitrogens is 1. The third-order valence-electron chi connectivity index (χ3n) is 4.00. The second-order valence-electron chi connectivity index (χ2n) is 5.40. The number of carboxylic acids is 1. The van der Waals surface area contributed by atoms with Crippen molar-refractivity contribution in [3.8, 4) is 0 Å². The Balaban J connectivity index is 1.80. The van der Waals surface area contributed by atoms with E-state index in [1.54, 1.807) is 18.3 Å². The molecule has 1 heterocycles. The normalized spacial score (nSPS) is 22.2. The Kier molecular flexibility index (Phi) is 4.71. The molecule has 0 aromatic carbocycles. The predicted octanol–water partition coefficient (Wildman–Crippen LogP) is 2.01. The first-order valence-electron chi connectivity index (χ1n) is 7.00. The first kappa shape index (κ1) is 14.5. The highest BCUT2D eigenvalue weighted by atomic mass is 16.4. The van der Waals surface area contributed by atoms with E-state index >= 15 is 0 Å². The van der Waals surface area contributed by atoms with Crippen LogP contribution in [0.25, 0.3) is 0 Å². The fourth-order valence-electron chi connectivity index (χ4n) is 2.67. The van der Waals surface area contributed by atoms with Crippen LogP contribution in [0.4, 0.5) is 0 Å². The minimum Gasteiger partial charge on any atom is -0.481 e. The molecule has 1 saturated carbocycles. The molecule has 0 spiro atoms. The molecule has 0 radical (unpaired) electrons. The van der Waals surface area contributed by atoms with Crippen molar-refractivity contribution in [2.24, 2.45) is 11.8 Å². The van der Waals surface area contributed by atoms with Gasteiger partial charge in [-0.15, -0.1) is 0 Å². The van der Waals surface area contributed by atoms with Crippen LogP contribution in [0.15, 0.2) is 18.3 Å². The van der Waals surface area contributed by atoms with Crippen molar-refractivity contribution in [3.63, 3.8) is 0 Å². The fourth-order valence-corrected chi connectivity index (χ4v) is 2.67. The molecule has 5 heteroatoms. The minimum absolute atomic E-state index is 0.101. The Morgan fingerprint density at radius 3 is 2.65 bits per heavy atom. The summed E-state index contributed by atoms with van der Waals surface area (Å²) in [5, 5.41) is 11.9.